The smallest absolute Gasteiger partial charge is 0.204 e. The lowest BCUT2D eigenvalue weighted by Gasteiger charge is -2.40. The van der Waals surface area contributed by atoms with Crippen molar-refractivity contribution in [3.05, 3.63) is 59.7 Å². The first-order valence-corrected chi connectivity index (χ1v) is 9.42. The fraction of sp³-hybridized carbons (Fsp3) is 0.286. The van der Waals surface area contributed by atoms with Crippen LogP contribution in [0.5, 0.6) is 11.5 Å². The zero-order valence-corrected chi connectivity index (χ0v) is 15.6. The third kappa shape index (κ3) is 2.84. The van der Waals surface area contributed by atoms with Crippen LogP contribution in [0.15, 0.2) is 48.5 Å². The Kier molecular flexibility index (Phi) is 4.09. The second-order valence-electron chi connectivity index (χ2n) is 7.12. The van der Waals surface area contributed by atoms with Crippen molar-refractivity contribution >= 4 is 5.57 Å². The predicted molar refractivity (Wildman–Crippen MR) is 105 cm³/mol. The molecule has 1 aromatic heterocycles. The Morgan fingerprint density at radius 2 is 1.82 bits per heavy atom. The Labute approximate surface area is 162 Å². The number of hydrogen-bond acceptors (Lipinski definition) is 6. The fourth-order valence-corrected chi connectivity index (χ4v) is 4.02. The molecule has 28 heavy (non-hydrogen) atoms. The molecule has 5 rings (SSSR count). The van der Waals surface area contributed by atoms with E-state index in [1.54, 1.807) is 7.11 Å². The first kappa shape index (κ1) is 16.9. The van der Waals surface area contributed by atoms with Crippen LogP contribution in [-0.2, 0) is 0 Å². The lowest BCUT2D eigenvalue weighted by atomic mass is 9.83. The molecule has 2 aliphatic heterocycles. The summed E-state index contributed by atoms with van der Waals surface area (Å²) >= 11 is 0. The highest BCUT2D eigenvalue weighted by molar-refractivity contribution is 5.88. The van der Waals surface area contributed by atoms with Gasteiger partial charge in [0.2, 0.25) is 5.82 Å². The van der Waals surface area contributed by atoms with Crippen LogP contribution in [0.2, 0.25) is 0 Å². The summed E-state index contributed by atoms with van der Waals surface area (Å²) in [4.78, 5) is 0. The van der Waals surface area contributed by atoms with Gasteiger partial charge in [-0.2, -0.15) is 5.21 Å². The number of hydrogen-bond donors (Lipinski definition) is 2. The van der Waals surface area contributed by atoms with E-state index in [9.17, 15) is 0 Å². The molecule has 0 amide bonds. The molecule has 0 bridgehead atoms. The summed E-state index contributed by atoms with van der Waals surface area (Å²) in [5.74, 6) is 2.27. The first-order chi connectivity index (χ1) is 13.8. The van der Waals surface area contributed by atoms with Gasteiger partial charge in [-0.15, -0.1) is 10.2 Å². The third-order valence-electron chi connectivity index (χ3n) is 5.45. The normalized spacial score (nSPS) is 17.5. The number of aromatic nitrogens is 4. The summed E-state index contributed by atoms with van der Waals surface area (Å²) in [6.45, 7) is 1.89. The number of tetrazole rings is 1. The van der Waals surface area contributed by atoms with Crippen molar-refractivity contribution in [2.45, 2.75) is 18.4 Å². The average Bonchev–Trinajstić information content (AvgIpc) is 3.28. The summed E-state index contributed by atoms with van der Waals surface area (Å²) in [6.07, 6.45) is 4.16. The number of methoxy groups -OCH3 is 1. The quantitative estimate of drug-likeness (QED) is 0.732. The minimum absolute atomic E-state index is 0.285. The molecule has 2 aromatic carbocycles. The molecule has 3 aromatic rings. The first-order valence-electron chi connectivity index (χ1n) is 9.42. The van der Waals surface area contributed by atoms with Crippen LogP contribution in [0.4, 0.5) is 0 Å². The molecule has 0 atom stereocenters. The second kappa shape index (κ2) is 6.76. The molecule has 1 saturated heterocycles. The lowest BCUT2D eigenvalue weighted by molar-refractivity contribution is 0.0813. The van der Waals surface area contributed by atoms with Gasteiger partial charge in [0.1, 0.15) is 17.1 Å². The molecule has 7 heteroatoms. The minimum atomic E-state index is -0.285. The number of piperidine rings is 1. The van der Waals surface area contributed by atoms with Gasteiger partial charge in [-0.1, -0.05) is 30.3 Å². The Balaban J connectivity index is 1.62. The molecule has 2 aliphatic rings. The monoisotopic (exact) mass is 375 g/mol. The summed E-state index contributed by atoms with van der Waals surface area (Å²) in [5, 5.41) is 17.7. The van der Waals surface area contributed by atoms with Crippen LogP contribution < -0.4 is 14.8 Å². The topological polar surface area (TPSA) is 85.0 Å². The summed E-state index contributed by atoms with van der Waals surface area (Å²) in [7, 11) is 1.70. The van der Waals surface area contributed by atoms with E-state index in [4.69, 9.17) is 9.47 Å². The van der Waals surface area contributed by atoms with Crippen molar-refractivity contribution in [1.29, 1.82) is 0 Å². The molecule has 1 spiro atoms. The lowest BCUT2D eigenvalue weighted by Crippen LogP contribution is -2.46. The number of aromatic amines is 1. The van der Waals surface area contributed by atoms with Gasteiger partial charge in [0, 0.05) is 18.4 Å². The molecular formula is C21H21N5O2. The van der Waals surface area contributed by atoms with E-state index in [0.29, 0.717) is 5.82 Å². The van der Waals surface area contributed by atoms with Crippen LogP contribution in [0.3, 0.4) is 0 Å². The van der Waals surface area contributed by atoms with E-state index in [0.717, 1.165) is 59.7 Å². The fourth-order valence-electron chi connectivity index (χ4n) is 4.02. The Morgan fingerprint density at radius 1 is 1.04 bits per heavy atom. The standard InChI is InChI=1S/C21H21N5O2/c1-27-17-3-2-4-18-19(17)16(13-21(28-18)9-11-22-12-10-21)14-5-7-15(8-6-14)20-23-25-26-24-20/h2-8,13,22H,9-12H2,1H3,(H,23,24,25,26). The predicted octanol–water partition coefficient (Wildman–Crippen LogP) is 2.82. The molecule has 0 unspecified atom stereocenters. The maximum Gasteiger partial charge on any atom is 0.204 e. The van der Waals surface area contributed by atoms with E-state index in [2.05, 4.69) is 44.1 Å². The molecular weight excluding hydrogens is 354 g/mol. The molecule has 0 saturated carbocycles. The van der Waals surface area contributed by atoms with Crippen molar-refractivity contribution in [3.63, 3.8) is 0 Å². The van der Waals surface area contributed by atoms with Gasteiger partial charge in [0.05, 0.1) is 12.7 Å². The van der Waals surface area contributed by atoms with Gasteiger partial charge in [-0.05, 0) is 47.6 Å². The maximum absolute atomic E-state index is 6.51. The van der Waals surface area contributed by atoms with Crippen molar-refractivity contribution in [2.75, 3.05) is 20.2 Å². The zero-order valence-electron chi connectivity index (χ0n) is 15.6. The number of nitrogens with zero attached hydrogens (tertiary/aromatic N) is 3. The molecule has 3 heterocycles. The molecule has 0 aliphatic carbocycles. The highest BCUT2D eigenvalue weighted by atomic mass is 16.5. The van der Waals surface area contributed by atoms with Crippen LogP contribution in [-0.4, -0.2) is 46.4 Å². The van der Waals surface area contributed by atoms with E-state index in [-0.39, 0.29) is 5.60 Å². The molecule has 0 radical (unpaired) electrons. The van der Waals surface area contributed by atoms with Crippen LogP contribution in [0.1, 0.15) is 24.0 Å². The van der Waals surface area contributed by atoms with E-state index >= 15 is 0 Å². The van der Waals surface area contributed by atoms with Gasteiger partial charge < -0.3 is 14.8 Å². The van der Waals surface area contributed by atoms with E-state index in [1.807, 2.05) is 30.3 Å². The van der Waals surface area contributed by atoms with Gasteiger partial charge in [0.25, 0.3) is 0 Å². The van der Waals surface area contributed by atoms with Crippen LogP contribution in [0.25, 0.3) is 17.0 Å². The van der Waals surface area contributed by atoms with Gasteiger partial charge in [0.15, 0.2) is 0 Å². The van der Waals surface area contributed by atoms with E-state index in [1.165, 1.54) is 0 Å². The number of benzene rings is 2. The number of nitrogens with one attached hydrogen (secondary N) is 2. The SMILES string of the molecule is COc1cccc2c1C(c1ccc(-c3nn[nH]n3)cc1)=CC1(CCNCC1)O2. The zero-order chi connectivity index (χ0) is 19.0. The van der Waals surface area contributed by atoms with Crippen molar-refractivity contribution < 1.29 is 9.47 Å². The largest absolute Gasteiger partial charge is 0.496 e. The van der Waals surface area contributed by atoms with Gasteiger partial charge in [-0.3, -0.25) is 0 Å². The van der Waals surface area contributed by atoms with E-state index < -0.39 is 0 Å². The number of H-pyrrole nitrogens is 1. The van der Waals surface area contributed by atoms with Gasteiger partial charge in [-0.25, -0.2) is 0 Å². The highest BCUT2D eigenvalue weighted by Crippen LogP contribution is 2.46. The summed E-state index contributed by atoms with van der Waals surface area (Å²) in [5.41, 5.74) is 3.88. The minimum Gasteiger partial charge on any atom is -0.496 e. The van der Waals surface area contributed by atoms with Gasteiger partial charge >= 0.3 is 0 Å². The van der Waals surface area contributed by atoms with Crippen LogP contribution in [0, 0.1) is 0 Å². The number of rotatable bonds is 3. The molecule has 142 valence electrons. The molecule has 7 nitrogen and oxygen atoms in total. The third-order valence-corrected chi connectivity index (χ3v) is 5.45. The Hall–Kier alpha value is -3.19. The Morgan fingerprint density at radius 3 is 2.54 bits per heavy atom. The van der Waals surface area contributed by atoms with Crippen molar-refractivity contribution in [2.24, 2.45) is 0 Å². The number of ether oxygens (including phenoxy) is 2. The Bertz CT molecular complexity index is 1010. The van der Waals surface area contributed by atoms with Crippen LogP contribution >= 0.6 is 0 Å². The highest BCUT2D eigenvalue weighted by Gasteiger charge is 2.38. The van der Waals surface area contributed by atoms with Crippen molar-refractivity contribution in [1.82, 2.24) is 25.9 Å². The molecule has 2 N–H and O–H groups in total. The summed E-state index contributed by atoms with van der Waals surface area (Å²) in [6, 6.07) is 14.2. The van der Waals surface area contributed by atoms with Crippen molar-refractivity contribution in [3.8, 4) is 22.9 Å². The second-order valence-corrected chi connectivity index (χ2v) is 7.12. The maximum atomic E-state index is 6.51. The average molecular weight is 375 g/mol. The molecule has 1 fully saturated rings. The number of fused-ring (bicyclic) bond motifs is 1. The summed E-state index contributed by atoms with van der Waals surface area (Å²) < 4.78 is 12.2.